The van der Waals surface area contributed by atoms with Gasteiger partial charge in [0.1, 0.15) is 0 Å². The molecule has 1 amide bonds. The van der Waals surface area contributed by atoms with Crippen LogP contribution < -0.4 is 5.32 Å². The average molecular weight is 301 g/mol. The van der Waals surface area contributed by atoms with Crippen molar-refractivity contribution in [2.75, 3.05) is 6.54 Å². The molecule has 1 fully saturated rings. The van der Waals surface area contributed by atoms with Gasteiger partial charge in [-0.15, -0.1) is 0 Å². The third-order valence-electron chi connectivity index (χ3n) is 3.81. The molecule has 7 heteroatoms. The first-order chi connectivity index (χ1) is 9.83. The zero-order valence-electron chi connectivity index (χ0n) is 11.1. The summed E-state index contributed by atoms with van der Waals surface area (Å²) in [6.45, 7) is 0.110. The monoisotopic (exact) mass is 301 g/mol. The van der Waals surface area contributed by atoms with Gasteiger partial charge in [0.15, 0.2) is 17.5 Å². The van der Waals surface area contributed by atoms with E-state index in [9.17, 15) is 22.8 Å². The number of rotatable bonds is 5. The van der Waals surface area contributed by atoms with Gasteiger partial charge in [0, 0.05) is 12.1 Å². The fourth-order valence-electron chi connectivity index (χ4n) is 2.47. The van der Waals surface area contributed by atoms with E-state index in [4.69, 9.17) is 5.11 Å². The van der Waals surface area contributed by atoms with Gasteiger partial charge in [-0.2, -0.15) is 0 Å². The number of carboxylic acid groups (broad SMARTS) is 1. The number of aliphatic carboxylic acids is 1. The van der Waals surface area contributed by atoms with Gasteiger partial charge in [0.05, 0.1) is 6.42 Å². The SMILES string of the molecule is O=C(O)CC1(CNC(=O)c2cc(F)c(F)c(F)c2)CCC1. The molecular weight excluding hydrogens is 287 g/mol. The number of hydrogen-bond donors (Lipinski definition) is 2. The van der Waals surface area contributed by atoms with Gasteiger partial charge in [-0.3, -0.25) is 9.59 Å². The Labute approximate surface area is 119 Å². The van der Waals surface area contributed by atoms with Gasteiger partial charge in [0.2, 0.25) is 0 Å². The van der Waals surface area contributed by atoms with E-state index >= 15 is 0 Å². The Kier molecular flexibility index (Phi) is 4.20. The van der Waals surface area contributed by atoms with Gasteiger partial charge in [0.25, 0.3) is 5.91 Å². The van der Waals surface area contributed by atoms with Crippen molar-refractivity contribution in [3.63, 3.8) is 0 Å². The second kappa shape index (κ2) is 5.75. The van der Waals surface area contributed by atoms with Crippen LogP contribution in [-0.2, 0) is 4.79 Å². The number of halogens is 3. The maximum atomic E-state index is 13.1. The standard InChI is InChI=1S/C14H14F3NO3/c15-9-4-8(5-10(16)12(9)17)13(21)18-7-14(2-1-3-14)6-11(19)20/h4-5H,1-3,6-7H2,(H,18,21)(H,19,20). The van der Waals surface area contributed by atoms with E-state index in [2.05, 4.69) is 5.32 Å². The third kappa shape index (κ3) is 3.34. The van der Waals surface area contributed by atoms with Gasteiger partial charge in [-0.25, -0.2) is 13.2 Å². The molecule has 21 heavy (non-hydrogen) atoms. The summed E-state index contributed by atoms with van der Waals surface area (Å²) in [5.41, 5.74) is -0.838. The smallest absolute Gasteiger partial charge is 0.303 e. The minimum atomic E-state index is -1.63. The van der Waals surface area contributed by atoms with Crippen LogP contribution >= 0.6 is 0 Å². The predicted molar refractivity (Wildman–Crippen MR) is 67.2 cm³/mol. The quantitative estimate of drug-likeness (QED) is 0.821. The second-order valence-electron chi connectivity index (χ2n) is 5.36. The van der Waals surface area contributed by atoms with Crippen LogP contribution in [0.4, 0.5) is 13.2 Å². The molecule has 1 aromatic rings. The van der Waals surface area contributed by atoms with Crippen molar-refractivity contribution in [2.45, 2.75) is 25.7 Å². The Bertz CT molecular complexity index is 562. The lowest BCUT2D eigenvalue weighted by molar-refractivity contribution is -0.141. The molecule has 2 N–H and O–H groups in total. The predicted octanol–water partition coefficient (Wildman–Crippen LogP) is 2.48. The van der Waals surface area contributed by atoms with Crippen LogP contribution in [0.15, 0.2) is 12.1 Å². The highest BCUT2D eigenvalue weighted by Gasteiger charge is 2.39. The minimum Gasteiger partial charge on any atom is -0.481 e. The molecule has 0 heterocycles. The van der Waals surface area contributed by atoms with Gasteiger partial charge < -0.3 is 10.4 Å². The van der Waals surface area contributed by atoms with Crippen LogP contribution in [0.3, 0.4) is 0 Å². The molecule has 0 aromatic heterocycles. The summed E-state index contributed by atoms with van der Waals surface area (Å²) >= 11 is 0. The summed E-state index contributed by atoms with van der Waals surface area (Å²) in [6, 6.07) is 1.22. The van der Waals surface area contributed by atoms with E-state index in [-0.39, 0.29) is 18.5 Å². The highest BCUT2D eigenvalue weighted by Crippen LogP contribution is 2.43. The lowest BCUT2D eigenvalue weighted by Crippen LogP contribution is -2.43. The van der Waals surface area contributed by atoms with Crippen LogP contribution in [0.25, 0.3) is 0 Å². The summed E-state index contributed by atoms with van der Waals surface area (Å²) in [5.74, 6) is -6.23. The van der Waals surface area contributed by atoms with Gasteiger partial charge in [-0.1, -0.05) is 6.42 Å². The summed E-state index contributed by atoms with van der Waals surface area (Å²) in [5, 5.41) is 11.3. The van der Waals surface area contributed by atoms with E-state index in [1.807, 2.05) is 0 Å². The Morgan fingerprint density at radius 2 is 1.76 bits per heavy atom. The first-order valence-electron chi connectivity index (χ1n) is 6.47. The Hall–Kier alpha value is -2.05. The first-order valence-corrected chi connectivity index (χ1v) is 6.47. The molecule has 0 unspecified atom stereocenters. The fraction of sp³-hybridized carbons (Fsp3) is 0.429. The molecule has 114 valence electrons. The Morgan fingerprint density at radius 3 is 2.19 bits per heavy atom. The molecule has 1 aromatic carbocycles. The largest absolute Gasteiger partial charge is 0.481 e. The van der Waals surface area contributed by atoms with Crippen molar-refractivity contribution in [1.29, 1.82) is 0 Å². The summed E-state index contributed by atoms with van der Waals surface area (Å²) < 4.78 is 38.9. The number of carbonyl (C=O) groups excluding carboxylic acids is 1. The number of nitrogens with one attached hydrogen (secondary N) is 1. The molecule has 0 atom stereocenters. The minimum absolute atomic E-state index is 0.0700. The van der Waals surface area contributed by atoms with Crippen LogP contribution in [0.1, 0.15) is 36.0 Å². The van der Waals surface area contributed by atoms with Crippen molar-refractivity contribution in [3.05, 3.63) is 35.1 Å². The molecule has 0 bridgehead atoms. The van der Waals surface area contributed by atoms with Gasteiger partial charge >= 0.3 is 5.97 Å². The second-order valence-corrected chi connectivity index (χ2v) is 5.36. The Morgan fingerprint density at radius 1 is 1.19 bits per heavy atom. The lowest BCUT2D eigenvalue weighted by Gasteiger charge is -2.40. The first kappa shape index (κ1) is 15.3. The summed E-state index contributed by atoms with van der Waals surface area (Å²) in [4.78, 5) is 22.6. The van der Waals surface area contributed by atoms with E-state index < -0.39 is 34.7 Å². The molecular formula is C14H14F3NO3. The molecule has 4 nitrogen and oxygen atoms in total. The maximum absolute atomic E-state index is 13.1. The molecule has 1 aliphatic rings. The molecule has 1 saturated carbocycles. The van der Waals surface area contributed by atoms with Crippen molar-refractivity contribution in [3.8, 4) is 0 Å². The zero-order chi connectivity index (χ0) is 15.6. The maximum Gasteiger partial charge on any atom is 0.303 e. The normalized spacial score (nSPS) is 16.1. The van der Waals surface area contributed by atoms with Crippen molar-refractivity contribution < 1.29 is 27.9 Å². The zero-order valence-corrected chi connectivity index (χ0v) is 11.1. The highest BCUT2D eigenvalue weighted by atomic mass is 19.2. The molecule has 1 aliphatic carbocycles. The van der Waals surface area contributed by atoms with Crippen LogP contribution in [0, 0.1) is 22.9 Å². The van der Waals surface area contributed by atoms with Crippen molar-refractivity contribution >= 4 is 11.9 Å². The number of benzene rings is 1. The lowest BCUT2D eigenvalue weighted by atomic mass is 9.66. The third-order valence-corrected chi connectivity index (χ3v) is 3.81. The van der Waals surface area contributed by atoms with Crippen LogP contribution in [0.5, 0.6) is 0 Å². The van der Waals surface area contributed by atoms with Crippen molar-refractivity contribution in [1.82, 2.24) is 5.32 Å². The molecule has 0 aliphatic heterocycles. The summed E-state index contributed by atoms with van der Waals surface area (Å²) in [7, 11) is 0. The van der Waals surface area contributed by atoms with E-state index in [0.717, 1.165) is 6.42 Å². The highest BCUT2D eigenvalue weighted by molar-refractivity contribution is 5.94. The summed E-state index contributed by atoms with van der Waals surface area (Å²) in [6.07, 6.45) is 2.15. The number of carboxylic acids is 1. The van der Waals surface area contributed by atoms with E-state index in [0.29, 0.717) is 25.0 Å². The number of hydrogen-bond acceptors (Lipinski definition) is 2. The molecule has 2 rings (SSSR count). The average Bonchev–Trinajstić information content (AvgIpc) is 2.37. The fourth-order valence-corrected chi connectivity index (χ4v) is 2.47. The van der Waals surface area contributed by atoms with Crippen LogP contribution in [0.2, 0.25) is 0 Å². The van der Waals surface area contributed by atoms with Crippen molar-refractivity contribution in [2.24, 2.45) is 5.41 Å². The topological polar surface area (TPSA) is 66.4 Å². The van der Waals surface area contributed by atoms with Gasteiger partial charge in [-0.05, 0) is 30.4 Å². The molecule has 0 saturated heterocycles. The molecule has 0 spiro atoms. The van der Waals surface area contributed by atoms with E-state index in [1.54, 1.807) is 0 Å². The van der Waals surface area contributed by atoms with E-state index in [1.165, 1.54) is 0 Å². The number of carbonyl (C=O) groups is 2. The van der Waals surface area contributed by atoms with Crippen LogP contribution in [-0.4, -0.2) is 23.5 Å². The molecule has 0 radical (unpaired) electrons. The number of amides is 1. The Balaban J connectivity index is 2.03.